The molecule has 2 aliphatic heterocycles. The molecule has 1 saturated carbocycles. The van der Waals surface area contributed by atoms with Crippen LogP contribution in [-0.2, 0) is 19.1 Å². The van der Waals surface area contributed by atoms with Gasteiger partial charge in [0.2, 0.25) is 5.91 Å². The van der Waals surface area contributed by atoms with Gasteiger partial charge < -0.3 is 9.64 Å². The number of piperazine rings is 1. The van der Waals surface area contributed by atoms with E-state index in [2.05, 4.69) is 15.9 Å². The summed E-state index contributed by atoms with van der Waals surface area (Å²) in [6.45, 7) is 6.31. The SMILES string of the molecule is CCOC(=O)CCCN1CCN(C/C=C2\CN(C(C(=O)C3CC3)c3ccccc3F)CCC2S)C(=O)C1. The number of rotatable bonds is 11. The molecule has 0 aromatic heterocycles. The number of amides is 1. The number of likely N-dealkylation sites (tertiary alicyclic amines) is 1. The van der Waals surface area contributed by atoms with Crippen LogP contribution in [0.5, 0.6) is 0 Å². The molecule has 2 saturated heterocycles. The Hall–Kier alpha value is -2.23. The van der Waals surface area contributed by atoms with Gasteiger partial charge in [-0.25, -0.2) is 4.39 Å². The number of ether oxygens (including phenoxy) is 1. The van der Waals surface area contributed by atoms with E-state index >= 15 is 0 Å². The van der Waals surface area contributed by atoms with E-state index in [4.69, 9.17) is 17.4 Å². The molecule has 1 amide bonds. The standard InChI is InChI=1S/C28H38FN3O4S/c1-2-36-26(34)8-5-13-30-16-17-31(25(33)19-30)14-11-21-18-32(15-12-24(21)37)27(28(35)20-9-10-20)22-6-3-4-7-23(22)29/h3-4,6-7,11,20,24,27,37H,2,5,8-10,12-19H2,1H3/b21-11+. The molecular formula is C28H38FN3O4S. The maximum atomic E-state index is 14.8. The molecule has 1 aliphatic carbocycles. The Labute approximate surface area is 224 Å². The van der Waals surface area contributed by atoms with E-state index in [1.807, 2.05) is 4.90 Å². The number of Topliss-reactive ketones (excluding diaryl/α,β-unsaturated/α-hetero) is 1. The average molecular weight is 532 g/mol. The number of carbonyl (C=O) groups is 3. The summed E-state index contributed by atoms with van der Waals surface area (Å²) in [4.78, 5) is 43.6. The molecule has 0 radical (unpaired) electrons. The third-order valence-electron chi connectivity index (χ3n) is 7.45. The van der Waals surface area contributed by atoms with Crippen LogP contribution in [0.2, 0.25) is 0 Å². The first kappa shape index (κ1) is 27.8. The quantitative estimate of drug-likeness (QED) is 0.269. The van der Waals surface area contributed by atoms with Crippen LogP contribution in [0.15, 0.2) is 35.9 Å². The highest BCUT2D eigenvalue weighted by atomic mass is 32.1. The lowest BCUT2D eigenvalue weighted by atomic mass is 9.93. The molecule has 37 heavy (non-hydrogen) atoms. The largest absolute Gasteiger partial charge is 0.466 e. The lowest BCUT2D eigenvalue weighted by Gasteiger charge is -2.38. The van der Waals surface area contributed by atoms with Crippen LogP contribution < -0.4 is 0 Å². The molecular weight excluding hydrogens is 493 g/mol. The van der Waals surface area contributed by atoms with Gasteiger partial charge in [0, 0.05) is 55.9 Å². The normalized spacial score (nSPS) is 23.3. The van der Waals surface area contributed by atoms with E-state index in [1.54, 1.807) is 25.1 Å². The molecule has 202 valence electrons. The molecule has 3 aliphatic rings. The number of ketones is 1. The molecule has 2 heterocycles. The fourth-order valence-corrected chi connectivity index (χ4v) is 5.48. The minimum absolute atomic E-state index is 0.0250. The summed E-state index contributed by atoms with van der Waals surface area (Å²) < 4.78 is 19.7. The third kappa shape index (κ3) is 7.42. The highest BCUT2D eigenvalue weighted by Crippen LogP contribution is 2.39. The van der Waals surface area contributed by atoms with E-state index in [-0.39, 0.29) is 34.6 Å². The van der Waals surface area contributed by atoms with Gasteiger partial charge in [-0.05, 0) is 50.8 Å². The molecule has 1 aromatic rings. The second-order valence-electron chi connectivity index (χ2n) is 10.2. The van der Waals surface area contributed by atoms with Crippen molar-refractivity contribution in [1.29, 1.82) is 0 Å². The molecule has 0 N–H and O–H groups in total. The number of benzene rings is 1. The van der Waals surface area contributed by atoms with Gasteiger partial charge in [0.15, 0.2) is 5.78 Å². The molecule has 3 fully saturated rings. The maximum Gasteiger partial charge on any atom is 0.305 e. The summed E-state index contributed by atoms with van der Waals surface area (Å²) >= 11 is 4.78. The summed E-state index contributed by atoms with van der Waals surface area (Å²) in [6.07, 6.45) is 5.64. The lowest BCUT2D eigenvalue weighted by molar-refractivity contribution is -0.143. The van der Waals surface area contributed by atoms with E-state index in [1.165, 1.54) is 6.07 Å². The van der Waals surface area contributed by atoms with Gasteiger partial charge in [-0.3, -0.25) is 24.2 Å². The van der Waals surface area contributed by atoms with Gasteiger partial charge in [0.05, 0.1) is 19.2 Å². The minimum atomic E-state index is -0.585. The van der Waals surface area contributed by atoms with Crippen LogP contribution >= 0.6 is 12.6 Å². The second-order valence-corrected chi connectivity index (χ2v) is 10.8. The molecule has 7 nitrogen and oxygen atoms in total. The Kier molecular flexibility index (Phi) is 9.78. The van der Waals surface area contributed by atoms with Gasteiger partial charge >= 0.3 is 5.97 Å². The van der Waals surface area contributed by atoms with Crippen molar-refractivity contribution in [2.24, 2.45) is 5.92 Å². The fourth-order valence-electron chi connectivity index (χ4n) is 5.18. The van der Waals surface area contributed by atoms with E-state index < -0.39 is 6.04 Å². The minimum Gasteiger partial charge on any atom is -0.466 e. The first-order valence-corrected chi connectivity index (χ1v) is 13.9. The molecule has 2 unspecified atom stereocenters. The van der Waals surface area contributed by atoms with Gasteiger partial charge in [-0.15, -0.1) is 0 Å². The number of hydrogen-bond donors (Lipinski definition) is 1. The zero-order valence-electron chi connectivity index (χ0n) is 21.6. The topological polar surface area (TPSA) is 70.2 Å². The van der Waals surface area contributed by atoms with Crippen molar-refractivity contribution in [2.75, 3.05) is 52.4 Å². The number of halogens is 1. The van der Waals surface area contributed by atoms with Crippen molar-refractivity contribution >= 4 is 30.3 Å². The molecule has 1 aromatic carbocycles. The monoisotopic (exact) mass is 531 g/mol. The summed E-state index contributed by atoms with van der Waals surface area (Å²) in [6, 6.07) is 6.00. The number of nitrogens with zero attached hydrogens (tertiary/aromatic N) is 3. The maximum absolute atomic E-state index is 14.8. The number of esters is 1. The third-order valence-corrected chi connectivity index (χ3v) is 8.04. The smallest absolute Gasteiger partial charge is 0.305 e. The van der Waals surface area contributed by atoms with Gasteiger partial charge in [0.1, 0.15) is 5.82 Å². The second kappa shape index (κ2) is 13.0. The zero-order chi connectivity index (χ0) is 26.4. The summed E-state index contributed by atoms with van der Waals surface area (Å²) in [5.74, 6) is -0.340. The van der Waals surface area contributed by atoms with E-state index in [0.29, 0.717) is 64.3 Å². The number of piperidine rings is 1. The number of thiol groups is 1. The van der Waals surface area contributed by atoms with Crippen molar-refractivity contribution in [1.82, 2.24) is 14.7 Å². The summed E-state index contributed by atoms with van der Waals surface area (Å²) in [5, 5.41) is 0.0489. The number of carbonyl (C=O) groups excluding carboxylic acids is 3. The predicted molar refractivity (Wildman–Crippen MR) is 143 cm³/mol. The Morgan fingerprint density at radius 1 is 1.16 bits per heavy atom. The summed E-state index contributed by atoms with van der Waals surface area (Å²) in [5.41, 5.74) is 1.52. The van der Waals surface area contributed by atoms with Gasteiger partial charge in [-0.2, -0.15) is 12.6 Å². The highest BCUT2D eigenvalue weighted by molar-refractivity contribution is 7.81. The first-order chi connectivity index (χ1) is 17.9. The fraction of sp³-hybridized carbons (Fsp3) is 0.607. The van der Waals surface area contributed by atoms with Crippen LogP contribution in [0.1, 0.15) is 50.6 Å². The molecule has 0 bridgehead atoms. The van der Waals surface area contributed by atoms with E-state index in [9.17, 15) is 18.8 Å². The Bertz CT molecular complexity index is 1010. The summed E-state index contributed by atoms with van der Waals surface area (Å²) in [7, 11) is 0. The lowest BCUT2D eigenvalue weighted by Crippen LogP contribution is -2.50. The molecule has 4 rings (SSSR count). The van der Waals surface area contributed by atoms with Crippen LogP contribution in [-0.4, -0.2) is 90.0 Å². The van der Waals surface area contributed by atoms with Crippen molar-refractivity contribution in [3.05, 3.63) is 47.3 Å². The van der Waals surface area contributed by atoms with Crippen LogP contribution in [0.4, 0.5) is 4.39 Å². The highest BCUT2D eigenvalue weighted by Gasteiger charge is 2.41. The zero-order valence-corrected chi connectivity index (χ0v) is 22.5. The first-order valence-electron chi connectivity index (χ1n) is 13.4. The van der Waals surface area contributed by atoms with Crippen LogP contribution in [0.25, 0.3) is 0 Å². The molecule has 9 heteroatoms. The Balaban J connectivity index is 1.35. The predicted octanol–water partition coefficient (Wildman–Crippen LogP) is 3.26. The van der Waals surface area contributed by atoms with Crippen molar-refractivity contribution in [3.63, 3.8) is 0 Å². The van der Waals surface area contributed by atoms with Crippen molar-refractivity contribution in [3.8, 4) is 0 Å². The van der Waals surface area contributed by atoms with Crippen molar-refractivity contribution in [2.45, 2.75) is 50.3 Å². The average Bonchev–Trinajstić information content (AvgIpc) is 3.72. The number of hydrogen-bond acceptors (Lipinski definition) is 7. The van der Waals surface area contributed by atoms with Crippen LogP contribution in [0.3, 0.4) is 0 Å². The molecule has 0 spiro atoms. The Morgan fingerprint density at radius 3 is 2.65 bits per heavy atom. The van der Waals surface area contributed by atoms with E-state index in [0.717, 1.165) is 31.4 Å². The van der Waals surface area contributed by atoms with Crippen LogP contribution in [0, 0.1) is 11.7 Å². The van der Waals surface area contributed by atoms with Gasteiger partial charge in [0.25, 0.3) is 0 Å². The Morgan fingerprint density at radius 2 is 1.95 bits per heavy atom. The molecule has 2 atom stereocenters. The van der Waals surface area contributed by atoms with Crippen molar-refractivity contribution < 1.29 is 23.5 Å². The van der Waals surface area contributed by atoms with Gasteiger partial charge in [-0.1, -0.05) is 24.3 Å².